The summed E-state index contributed by atoms with van der Waals surface area (Å²) in [5.74, 6) is 0. The Morgan fingerprint density at radius 1 is 1.00 bits per heavy atom. The summed E-state index contributed by atoms with van der Waals surface area (Å²) in [7, 11) is 3.46. The van der Waals surface area contributed by atoms with Crippen LogP contribution in [0.15, 0.2) is 0 Å². The molecular weight excluding hydrogens is 292 g/mol. The molecule has 1 aromatic heterocycles. The smallest absolute Gasteiger partial charge is 0.130 e. The van der Waals surface area contributed by atoms with Crippen LogP contribution in [0.4, 0.5) is 0 Å². The lowest BCUT2D eigenvalue weighted by Gasteiger charge is -2.40. The van der Waals surface area contributed by atoms with E-state index in [1.165, 1.54) is 0 Å². The minimum absolute atomic E-state index is 0.0663. The molecule has 6 nitrogen and oxygen atoms in total. The van der Waals surface area contributed by atoms with Gasteiger partial charge in [-0.25, -0.2) is 4.68 Å². The van der Waals surface area contributed by atoms with Crippen molar-refractivity contribution in [2.75, 3.05) is 27.3 Å². The molecule has 0 aliphatic carbocycles. The van der Waals surface area contributed by atoms with Crippen LogP contribution < -0.4 is 0 Å². The maximum Gasteiger partial charge on any atom is 0.130 e. The molecule has 2 heterocycles. The van der Waals surface area contributed by atoms with Crippen LogP contribution in [-0.2, 0) is 21.4 Å². The first-order valence-electron chi connectivity index (χ1n) is 8.35. The molecule has 1 aliphatic heterocycles. The van der Waals surface area contributed by atoms with Crippen molar-refractivity contribution in [2.24, 2.45) is 0 Å². The fourth-order valence-corrected chi connectivity index (χ4v) is 3.20. The largest absolute Gasteiger partial charge is 0.377 e. The van der Waals surface area contributed by atoms with Gasteiger partial charge in [-0.05, 0) is 41.5 Å². The highest BCUT2D eigenvalue weighted by Gasteiger charge is 2.37. The van der Waals surface area contributed by atoms with Gasteiger partial charge in [0.05, 0.1) is 11.2 Å². The van der Waals surface area contributed by atoms with E-state index >= 15 is 0 Å². The molecule has 0 radical (unpaired) electrons. The van der Waals surface area contributed by atoms with Crippen molar-refractivity contribution in [1.82, 2.24) is 19.9 Å². The Morgan fingerprint density at radius 3 is 2.13 bits per heavy atom. The Labute approximate surface area is 140 Å². The molecule has 1 aromatic rings. The van der Waals surface area contributed by atoms with Crippen molar-refractivity contribution >= 4 is 0 Å². The molecule has 2 unspecified atom stereocenters. The van der Waals surface area contributed by atoms with Crippen molar-refractivity contribution in [3.63, 3.8) is 0 Å². The van der Waals surface area contributed by atoms with Gasteiger partial charge < -0.3 is 9.47 Å². The molecule has 2 atom stereocenters. The molecule has 0 N–H and O–H groups in total. The third-order valence-electron chi connectivity index (χ3n) is 4.56. The van der Waals surface area contributed by atoms with Crippen LogP contribution in [0, 0.1) is 0 Å². The topological polar surface area (TPSA) is 52.4 Å². The molecule has 0 fully saturated rings. The summed E-state index contributed by atoms with van der Waals surface area (Å²) in [6, 6.07) is 0. The van der Waals surface area contributed by atoms with Gasteiger partial charge in [-0.15, -0.1) is 5.10 Å². The Kier molecular flexibility index (Phi) is 5.18. The number of rotatable bonds is 2. The highest BCUT2D eigenvalue weighted by Crippen LogP contribution is 2.31. The van der Waals surface area contributed by atoms with Crippen molar-refractivity contribution in [1.29, 1.82) is 0 Å². The van der Waals surface area contributed by atoms with Crippen LogP contribution in [0.2, 0.25) is 0 Å². The summed E-state index contributed by atoms with van der Waals surface area (Å²) in [6.07, 6.45) is 0.646. The highest BCUT2D eigenvalue weighted by atomic mass is 16.5. The van der Waals surface area contributed by atoms with Gasteiger partial charge in [-0.3, -0.25) is 4.90 Å². The summed E-state index contributed by atoms with van der Waals surface area (Å²) >= 11 is 0. The molecule has 2 rings (SSSR count). The number of hydrogen-bond donors (Lipinski definition) is 0. The van der Waals surface area contributed by atoms with Crippen LogP contribution in [0.1, 0.15) is 59.0 Å². The molecule has 23 heavy (non-hydrogen) atoms. The van der Waals surface area contributed by atoms with Gasteiger partial charge in [0.25, 0.3) is 0 Å². The minimum atomic E-state index is -0.198. The molecule has 1 aliphatic rings. The van der Waals surface area contributed by atoms with E-state index in [2.05, 4.69) is 56.8 Å². The van der Waals surface area contributed by atoms with E-state index in [0.29, 0.717) is 0 Å². The average Bonchev–Trinajstić information content (AvgIpc) is 2.81. The maximum atomic E-state index is 5.78. The van der Waals surface area contributed by atoms with Gasteiger partial charge in [-0.1, -0.05) is 5.21 Å². The Balaban J connectivity index is 2.49. The molecule has 0 aromatic carbocycles. The molecule has 0 bridgehead atoms. The van der Waals surface area contributed by atoms with E-state index < -0.39 is 0 Å². The monoisotopic (exact) mass is 324 g/mol. The number of ether oxygens (including phenoxy) is 2. The van der Waals surface area contributed by atoms with Gasteiger partial charge >= 0.3 is 0 Å². The van der Waals surface area contributed by atoms with Crippen LogP contribution in [-0.4, -0.2) is 58.8 Å². The van der Waals surface area contributed by atoms with Gasteiger partial charge in [0.1, 0.15) is 17.9 Å². The summed E-state index contributed by atoms with van der Waals surface area (Å²) < 4.78 is 13.6. The number of fused-ring (bicyclic) bond motifs is 1. The molecule has 6 heteroatoms. The first-order valence-corrected chi connectivity index (χ1v) is 8.35. The van der Waals surface area contributed by atoms with Crippen molar-refractivity contribution in [3.05, 3.63) is 11.4 Å². The fraction of sp³-hybridized carbons (Fsp3) is 0.882. The maximum absolute atomic E-state index is 5.78. The van der Waals surface area contributed by atoms with Gasteiger partial charge in [0, 0.05) is 39.3 Å². The summed E-state index contributed by atoms with van der Waals surface area (Å²) in [4.78, 5) is 2.45. The summed E-state index contributed by atoms with van der Waals surface area (Å²) in [5.41, 5.74) is 2.04. The Bertz CT molecular complexity index is 528. The van der Waals surface area contributed by atoms with Crippen molar-refractivity contribution < 1.29 is 9.47 Å². The number of methoxy groups -OCH3 is 2. The number of hydrogen-bond acceptors (Lipinski definition) is 5. The van der Waals surface area contributed by atoms with E-state index in [-0.39, 0.29) is 23.3 Å². The number of nitrogens with zero attached hydrogens (tertiary/aromatic N) is 4. The van der Waals surface area contributed by atoms with Gasteiger partial charge in [0.2, 0.25) is 0 Å². The fourth-order valence-electron chi connectivity index (χ4n) is 3.20. The van der Waals surface area contributed by atoms with Crippen molar-refractivity contribution in [2.45, 2.75) is 71.2 Å². The third-order valence-corrected chi connectivity index (χ3v) is 4.56. The molecule has 0 saturated heterocycles. The summed E-state index contributed by atoms with van der Waals surface area (Å²) in [6.45, 7) is 14.9. The van der Waals surface area contributed by atoms with Crippen LogP contribution in [0.25, 0.3) is 0 Å². The second-order valence-electron chi connectivity index (χ2n) is 8.30. The van der Waals surface area contributed by atoms with E-state index in [1.807, 2.05) is 4.68 Å². The van der Waals surface area contributed by atoms with E-state index in [4.69, 9.17) is 9.47 Å². The SMILES string of the molecule is COC1CN(C(C)(C)C)CCc2c(nnn2C(C)(C)C)C1OC. The zero-order valence-corrected chi connectivity index (χ0v) is 15.9. The van der Waals surface area contributed by atoms with E-state index in [1.54, 1.807) is 14.2 Å². The molecule has 132 valence electrons. The van der Waals surface area contributed by atoms with Crippen molar-refractivity contribution in [3.8, 4) is 0 Å². The lowest BCUT2D eigenvalue weighted by molar-refractivity contribution is -0.0683. The molecule has 0 amide bonds. The average molecular weight is 324 g/mol. The van der Waals surface area contributed by atoms with Crippen LogP contribution in [0.5, 0.6) is 0 Å². The molecular formula is C17H32N4O2. The second kappa shape index (κ2) is 6.49. The van der Waals surface area contributed by atoms with E-state index in [9.17, 15) is 0 Å². The zero-order valence-electron chi connectivity index (χ0n) is 15.9. The molecule has 0 spiro atoms. The lowest BCUT2D eigenvalue weighted by atomic mass is 9.97. The highest BCUT2D eigenvalue weighted by molar-refractivity contribution is 5.18. The minimum Gasteiger partial charge on any atom is -0.377 e. The normalized spacial score (nSPS) is 24.2. The summed E-state index contributed by atoms with van der Waals surface area (Å²) in [5, 5.41) is 8.87. The van der Waals surface area contributed by atoms with Crippen LogP contribution in [0.3, 0.4) is 0 Å². The lowest BCUT2D eigenvalue weighted by Crippen LogP contribution is -2.49. The first-order chi connectivity index (χ1) is 10.6. The second-order valence-corrected chi connectivity index (χ2v) is 8.30. The predicted octanol–water partition coefficient (Wildman–Crippen LogP) is 2.39. The van der Waals surface area contributed by atoms with Gasteiger partial charge in [0.15, 0.2) is 0 Å². The molecule has 0 saturated carbocycles. The van der Waals surface area contributed by atoms with E-state index in [0.717, 1.165) is 30.9 Å². The standard InChI is InChI=1S/C17H32N4O2/c1-16(2,3)20-10-9-12-14(15(23-8)13(11-20)22-7)18-19-21(12)17(4,5)6/h13,15H,9-11H2,1-8H3. The van der Waals surface area contributed by atoms with Crippen LogP contribution >= 0.6 is 0 Å². The predicted molar refractivity (Wildman–Crippen MR) is 90.6 cm³/mol. The zero-order chi connectivity index (χ0) is 17.4. The Hall–Kier alpha value is -0.980. The Morgan fingerprint density at radius 2 is 1.65 bits per heavy atom. The third kappa shape index (κ3) is 3.75. The first kappa shape index (κ1) is 18.4. The quantitative estimate of drug-likeness (QED) is 0.836. The van der Waals surface area contributed by atoms with Gasteiger partial charge in [-0.2, -0.15) is 0 Å². The number of aromatic nitrogens is 3.